The van der Waals surface area contributed by atoms with Crippen LogP contribution in [0, 0.1) is 12.8 Å². The second-order valence-electron chi connectivity index (χ2n) is 6.01. The van der Waals surface area contributed by atoms with Crippen LogP contribution in [0.2, 0.25) is 0 Å². The van der Waals surface area contributed by atoms with Crippen LogP contribution in [-0.4, -0.2) is 29.9 Å². The van der Waals surface area contributed by atoms with Crippen LogP contribution in [0.15, 0.2) is 18.2 Å². The Morgan fingerprint density at radius 1 is 1.45 bits per heavy atom. The highest BCUT2D eigenvalue weighted by atomic mass is 16.2. The molecule has 0 spiro atoms. The summed E-state index contributed by atoms with van der Waals surface area (Å²) < 4.78 is 0. The van der Waals surface area contributed by atoms with Gasteiger partial charge in [-0.25, -0.2) is 0 Å². The van der Waals surface area contributed by atoms with Gasteiger partial charge in [-0.1, -0.05) is 13.8 Å². The highest BCUT2D eigenvalue weighted by Gasteiger charge is 2.31. The van der Waals surface area contributed by atoms with Gasteiger partial charge in [0.15, 0.2) is 0 Å². The lowest BCUT2D eigenvalue weighted by Crippen LogP contribution is -2.38. The predicted molar refractivity (Wildman–Crippen MR) is 84.2 cm³/mol. The summed E-state index contributed by atoms with van der Waals surface area (Å²) in [5.74, 6) is 0.726. The van der Waals surface area contributed by atoms with Gasteiger partial charge in [0.25, 0.3) is 5.91 Å². The number of benzene rings is 1. The fraction of sp³-hybridized carbons (Fsp3) is 0.588. The van der Waals surface area contributed by atoms with E-state index in [1.165, 1.54) is 0 Å². The molecular weight excluding hydrogens is 248 g/mol. The molecule has 110 valence electrons. The first-order chi connectivity index (χ1) is 9.54. The SMILES string of the molecule is CCNc1ccc(C(=O)N2CCCC2C(C)C)c(C)c1. The molecule has 20 heavy (non-hydrogen) atoms. The molecule has 3 nitrogen and oxygen atoms in total. The van der Waals surface area contributed by atoms with Crippen LogP contribution in [-0.2, 0) is 0 Å². The Kier molecular flexibility index (Phi) is 4.69. The van der Waals surface area contributed by atoms with Gasteiger partial charge >= 0.3 is 0 Å². The van der Waals surface area contributed by atoms with Crippen molar-refractivity contribution in [2.75, 3.05) is 18.4 Å². The molecule has 0 aliphatic carbocycles. The van der Waals surface area contributed by atoms with E-state index in [4.69, 9.17) is 0 Å². The monoisotopic (exact) mass is 274 g/mol. The van der Waals surface area contributed by atoms with Crippen molar-refractivity contribution in [2.24, 2.45) is 5.92 Å². The highest BCUT2D eigenvalue weighted by molar-refractivity contribution is 5.96. The molecular formula is C17H26N2O. The minimum absolute atomic E-state index is 0.196. The molecule has 2 rings (SSSR count). The number of rotatable bonds is 4. The summed E-state index contributed by atoms with van der Waals surface area (Å²) in [5.41, 5.74) is 2.99. The van der Waals surface area contributed by atoms with Gasteiger partial charge in [0.2, 0.25) is 0 Å². The zero-order chi connectivity index (χ0) is 14.7. The molecule has 0 saturated carbocycles. The number of carbonyl (C=O) groups is 1. The van der Waals surface area contributed by atoms with Crippen molar-refractivity contribution in [3.05, 3.63) is 29.3 Å². The molecule has 1 aliphatic rings. The van der Waals surface area contributed by atoms with E-state index in [1.807, 2.05) is 19.1 Å². The van der Waals surface area contributed by atoms with Crippen LogP contribution in [0.5, 0.6) is 0 Å². The van der Waals surface area contributed by atoms with E-state index < -0.39 is 0 Å². The zero-order valence-electron chi connectivity index (χ0n) is 13.1. The van der Waals surface area contributed by atoms with Crippen LogP contribution in [0.4, 0.5) is 5.69 Å². The molecule has 0 radical (unpaired) electrons. The molecule has 0 aromatic heterocycles. The predicted octanol–water partition coefficient (Wildman–Crippen LogP) is 3.69. The van der Waals surface area contributed by atoms with Gasteiger partial charge in [0.1, 0.15) is 0 Å². The summed E-state index contributed by atoms with van der Waals surface area (Å²) >= 11 is 0. The maximum absolute atomic E-state index is 12.8. The number of amides is 1. The topological polar surface area (TPSA) is 32.3 Å². The second-order valence-corrected chi connectivity index (χ2v) is 6.01. The van der Waals surface area contributed by atoms with Gasteiger partial charge in [-0.05, 0) is 56.4 Å². The number of hydrogen-bond acceptors (Lipinski definition) is 2. The van der Waals surface area contributed by atoms with Crippen molar-refractivity contribution in [1.82, 2.24) is 4.90 Å². The van der Waals surface area contributed by atoms with E-state index in [0.717, 1.165) is 42.7 Å². The normalized spacial score (nSPS) is 18.6. The van der Waals surface area contributed by atoms with E-state index in [9.17, 15) is 4.79 Å². The van der Waals surface area contributed by atoms with Gasteiger partial charge in [0, 0.05) is 30.4 Å². The van der Waals surface area contributed by atoms with Crippen LogP contribution in [0.25, 0.3) is 0 Å². The van der Waals surface area contributed by atoms with E-state index in [2.05, 4.69) is 37.1 Å². The van der Waals surface area contributed by atoms with Crippen LogP contribution in [0.1, 0.15) is 49.5 Å². The third-order valence-corrected chi connectivity index (χ3v) is 4.17. The maximum atomic E-state index is 12.8. The Morgan fingerprint density at radius 2 is 2.20 bits per heavy atom. The molecule has 1 N–H and O–H groups in total. The average molecular weight is 274 g/mol. The molecule has 3 heteroatoms. The van der Waals surface area contributed by atoms with E-state index in [1.54, 1.807) is 0 Å². The smallest absolute Gasteiger partial charge is 0.254 e. The lowest BCUT2D eigenvalue weighted by molar-refractivity contribution is 0.0701. The first kappa shape index (κ1) is 14.9. The molecule has 1 aromatic rings. The number of likely N-dealkylation sites (tertiary alicyclic amines) is 1. The Bertz CT molecular complexity index is 482. The van der Waals surface area contributed by atoms with Gasteiger partial charge in [0.05, 0.1) is 0 Å². The largest absolute Gasteiger partial charge is 0.385 e. The Balaban J connectivity index is 2.20. The van der Waals surface area contributed by atoms with Gasteiger partial charge in [-0.2, -0.15) is 0 Å². The minimum atomic E-state index is 0.196. The summed E-state index contributed by atoms with van der Waals surface area (Å²) in [6.45, 7) is 10.3. The van der Waals surface area contributed by atoms with Crippen molar-refractivity contribution in [2.45, 2.75) is 46.6 Å². The Morgan fingerprint density at radius 3 is 2.80 bits per heavy atom. The van der Waals surface area contributed by atoms with Gasteiger partial charge in [-0.3, -0.25) is 4.79 Å². The highest BCUT2D eigenvalue weighted by Crippen LogP contribution is 2.27. The number of carbonyl (C=O) groups excluding carboxylic acids is 1. The van der Waals surface area contributed by atoms with E-state index in [0.29, 0.717) is 12.0 Å². The van der Waals surface area contributed by atoms with E-state index in [-0.39, 0.29) is 5.91 Å². The lowest BCUT2D eigenvalue weighted by Gasteiger charge is -2.28. The fourth-order valence-corrected chi connectivity index (χ4v) is 3.11. The molecule has 1 saturated heterocycles. The van der Waals surface area contributed by atoms with Crippen molar-refractivity contribution >= 4 is 11.6 Å². The molecule has 0 bridgehead atoms. The summed E-state index contributed by atoms with van der Waals surface area (Å²) in [5, 5.41) is 3.29. The fourth-order valence-electron chi connectivity index (χ4n) is 3.11. The molecule has 1 aliphatic heterocycles. The third kappa shape index (κ3) is 2.97. The van der Waals surface area contributed by atoms with Crippen molar-refractivity contribution < 1.29 is 4.79 Å². The van der Waals surface area contributed by atoms with Gasteiger partial charge < -0.3 is 10.2 Å². The molecule has 1 atom stereocenters. The molecule has 1 amide bonds. The molecule has 1 fully saturated rings. The van der Waals surface area contributed by atoms with Crippen LogP contribution >= 0.6 is 0 Å². The number of anilines is 1. The molecule has 1 heterocycles. The van der Waals surface area contributed by atoms with Gasteiger partial charge in [-0.15, -0.1) is 0 Å². The summed E-state index contributed by atoms with van der Waals surface area (Å²) in [7, 11) is 0. The number of nitrogens with one attached hydrogen (secondary N) is 1. The number of aryl methyl sites for hydroxylation is 1. The third-order valence-electron chi connectivity index (χ3n) is 4.17. The average Bonchev–Trinajstić information content (AvgIpc) is 2.88. The number of hydrogen-bond donors (Lipinski definition) is 1. The summed E-state index contributed by atoms with van der Waals surface area (Å²) in [6, 6.07) is 6.43. The first-order valence-corrected chi connectivity index (χ1v) is 7.70. The van der Waals surface area contributed by atoms with Crippen LogP contribution < -0.4 is 5.32 Å². The quantitative estimate of drug-likeness (QED) is 0.908. The second kappa shape index (κ2) is 6.29. The minimum Gasteiger partial charge on any atom is -0.385 e. The Hall–Kier alpha value is -1.51. The number of nitrogens with zero attached hydrogens (tertiary/aromatic N) is 1. The first-order valence-electron chi connectivity index (χ1n) is 7.70. The molecule has 1 aromatic carbocycles. The van der Waals surface area contributed by atoms with Crippen molar-refractivity contribution in [1.29, 1.82) is 0 Å². The standard InChI is InChI=1S/C17H26N2O/c1-5-18-14-8-9-15(13(4)11-14)17(20)19-10-6-7-16(19)12(2)3/h8-9,11-12,16,18H,5-7,10H2,1-4H3. The zero-order valence-corrected chi connectivity index (χ0v) is 13.1. The van der Waals surface area contributed by atoms with Crippen molar-refractivity contribution in [3.8, 4) is 0 Å². The van der Waals surface area contributed by atoms with E-state index >= 15 is 0 Å². The molecule has 1 unspecified atom stereocenters. The maximum Gasteiger partial charge on any atom is 0.254 e. The lowest BCUT2D eigenvalue weighted by atomic mass is 10.0. The summed E-state index contributed by atoms with van der Waals surface area (Å²) in [6.07, 6.45) is 2.26. The summed E-state index contributed by atoms with van der Waals surface area (Å²) in [4.78, 5) is 14.8. The van der Waals surface area contributed by atoms with Crippen LogP contribution in [0.3, 0.4) is 0 Å². The Labute approximate surface area is 122 Å². The van der Waals surface area contributed by atoms with Crippen molar-refractivity contribution in [3.63, 3.8) is 0 Å².